The molecule has 0 fully saturated rings. The van der Waals surface area contributed by atoms with Crippen molar-refractivity contribution < 1.29 is 9.13 Å². The molecule has 0 unspecified atom stereocenters. The molecule has 3 rings (SSSR count). The molecule has 5 heteroatoms. The molecule has 0 saturated heterocycles. The number of anilines is 1. The largest absolute Gasteiger partial charge is 0.491 e. The number of nitrogens with two attached hydrogens (primary N) is 1. The monoisotopic (exact) mass is 271 g/mol. The molecule has 2 aromatic carbocycles. The highest BCUT2D eigenvalue weighted by atomic mass is 19.1. The van der Waals surface area contributed by atoms with Gasteiger partial charge in [0.15, 0.2) is 11.6 Å². The van der Waals surface area contributed by atoms with E-state index in [2.05, 4.69) is 4.98 Å². The van der Waals surface area contributed by atoms with Gasteiger partial charge in [-0.25, -0.2) is 9.37 Å². The van der Waals surface area contributed by atoms with Crippen LogP contribution < -0.4 is 10.5 Å². The Morgan fingerprint density at radius 1 is 1.30 bits per heavy atom. The summed E-state index contributed by atoms with van der Waals surface area (Å²) in [6.07, 6.45) is 1.67. The molecule has 0 atom stereocenters. The molecule has 102 valence electrons. The number of hydrogen-bond donors (Lipinski definition) is 1. The molecule has 0 aliphatic carbocycles. The van der Waals surface area contributed by atoms with E-state index in [9.17, 15) is 4.39 Å². The van der Waals surface area contributed by atoms with E-state index in [0.717, 1.165) is 11.0 Å². The predicted molar refractivity (Wildman–Crippen MR) is 76.6 cm³/mol. The summed E-state index contributed by atoms with van der Waals surface area (Å²) in [6, 6.07) is 10.6. The molecule has 20 heavy (non-hydrogen) atoms. The van der Waals surface area contributed by atoms with E-state index in [4.69, 9.17) is 10.5 Å². The lowest BCUT2D eigenvalue weighted by atomic mass is 10.2. The van der Waals surface area contributed by atoms with Crippen molar-refractivity contribution >= 4 is 16.7 Å². The third-order valence-electron chi connectivity index (χ3n) is 3.09. The average molecular weight is 271 g/mol. The Balaban J connectivity index is 2.21. The van der Waals surface area contributed by atoms with E-state index < -0.39 is 5.82 Å². The predicted octanol–water partition coefficient (Wildman–Crippen LogP) is 3.15. The summed E-state index contributed by atoms with van der Waals surface area (Å²) in [4.78, 5) is 4.31. The maximum Gasteiger partial charge on any atom is 0.167 e. The van der Waals surface area contributed by atoms with Gasteiger partial charge in [0.25, 0.3) is 0 Å². The Bertz CT molecular complexity index is 767. The zero-order valence-electron chi connectivity index (χ0n) is 11.0. The first-order valence-corrected chi connectivity index (χ1v) is 6.35. The van der Waals surface area contributed by atoms with Crippen LogP contribution in [-0.4, -0.2) is 16.2 Å². The maximum absolute atomic E-state index is 13.7. The fourth-order valence-corrected chi connectivity index (χ4v) is 2.18. The number of imidazole rings is 1. The summed E-state index contributed by atoms with van der Waals surface area (Å²) < 4.78 is 20.8. The molecular weight excluding hydrogens is 257 g/mol. The van der Waals surface area contributed by atoms with Gasteiger partial charge in [-0.2, -0.15) is 0 Å². The highest BCUT2D eigenvalue weighted by Gasteiger charge is 2.12. The van der Waals surface area contributed by atoms with E-state index in [0.29, 0.717) is 18.0 Å². The first-order valence-electron chi connectivity index (χ1n) is 6.35. The number of nitrogens with zero attached hydrogens (tertiary/aromatic N) is 2. The van der Waals surface area contributed by atoms with Crippen molar-refractivity contribution in [3.8, 4) is 11.4 Å². The van der Waals surface area contributed by atoms with Crippen LogP contribution in [0, 0.1) is 5.82 Å². The number of halogens is 1. The number of nitrogen functional groups attached to an aromatic ring is 1. The van der Waals surface area contributed by atoms with Crippen molar-refractivity contribution in [3.05, 3.63) is 48.5 Å². The SMILES string of the molecule is CCOc1cc(-n2cnc3ccccc32)c(N)cc1F. The second kappa shape index (κ2) is 4.85. The van der Waals surface area contributed by atoms with E-state index in [1.54, 1.807) is 12.4 Å². The Morgan fingerprint density at radius 3 is 2.90 bits per heavy atom. The zero-order chi connectivity index (χ0) is 14.1. The zero-order valence-corrected chi connectivity index (χ0v) is 11.0. The standard InChI is InChI=1S/C15H14FN3O/c1-2-20-15-8-14(11(17)7-10(15)16)19-9-18-12-5-3-4-6-13(12)19/h3-9H,2,17H2,1H3. The molecule has 0 amide bonds. The van der Waals surface area contributed by atoms with Gasteiger partial charge in [-0.3, -0.25) is 4.57 Å². The maximum atomic E-state index is 13.7. The summed E-state index contributed by atoms with van der Waals surface area (Å²) in [7, 11) is 0. The lowest BCUT2D eigenvalue weighted by molar-refractivity contribution is 0.321. The molecule has 0 bridgehead atoms. The third kappa shape index (κ3) is 1.97. The molecular formula is C15H14FN3O. The van der Waals surface area contributed by atoms with Crippen LogP contribution in [-0.2, 0) is 0 Å². The third-order valence-corrected chi connectivity index (χ3v) is 3.09. The number of rotatable bonds is 3. The minimum Gasteiger partial charge on any atom is -0.491 e. The van der Waals surface area contributed by atoms with Crippen molar-refractivity contribution in [1.82, 2.24) is 9.55 Å². The number of hydrogen-bond acceptors (Lipinski definition) is 3. The van der Waals surface area contributed by atoms with Gasteiger partial charge in [0, 0.05) is 12.1 Å². The van der Waals surface area contributed by atoms with Crippen molar-refractivity contribution in [2.75, 3.05) is 12.3 Å². The fraction of sp³-hybridized carbons (Fsp3) is 0.133. The Labute approximate surface area is 115 Å². The van der Waals surface area contributed by atoms with Crippen LogP contribution in [0.2, 0.25) is 0 Å². The van der Waals surface area contributed by atoms with Gasteiger partial charge < -0.3 is 10.5 Å². The normalized spacial score (nSPS) is 10.9. The van der Waals surface area contributed by atoms with Crippen molar-refractivity contribution in [1.29, 1.82) is 0 Å². The molecule has 0 spiro atoms. The average Bonchev–Trinajstić information content (AvgIpc) is 2.86. The molecule has 1 heterocycles. The second-order valence-corrected chi connectivity index (χ2v) is 4.38. The van der Waals surface area contributed by atoms with Gasteiger partial charge in [0.1, 0.15) is 6.33 Å². The van der Waals surface area contributed by atoms with Crippen molar-refractivity contribution in [2.24, 2.45) is 0 Å². The van der Waals surface area contributed by atoms with E-state index in [1.807, 2.05) is 35.8 Å². The summed E-state index contributed by atoms with van der Waals surface area (Å²) in [5.74, 6) is -0.271. The van der Waals surface area contributed by atoms with E-state index in [-0.39, 0.29) is 5.75 Å². The first kappa shape index (κ1) is 12.5. The first-order chi connectivity index (χ1) is 9.70. The van der Waals surface area contributed by atoms with Gasteiger partial charge in [0.2, 0.25) is 0 Å². The molecule has 4 nitrogen and oxygen atoms in total. The molecule has 2 N–H and O–H groups in total. The quantitative estimate of drug-likeness (QED) is 0.744. The summed E-state index contributed by atoms with van der Waals surface area (Å²) in [6.45, 7) is 2.20. The lowest BCUT2D eigenvalue weighted by Gasteiger charge is -2.12. The van der Waals surface area contributed by atoms with Crippen LogP contribution >= 0.6 is 0 Å². The van der Waals surface area contributed by atoms with Crippen LogP contribution in [0.25, 0.3) is 16.7 Å². The Morgan fingerprint density at radius 2 is 2.10 bits per heavy atom. The van der Waals surface area contributed by atoms with Crippen LogP contribution in [0.15, 0.2) is 42.7 Å². The lowest BCUT2D eigenvalue weighted by Crippen LogP contribution is -2.02. The second-order valence-electron chi connectivity index (χ2n) is 4.38. The number of ether oxygens (including phenoxy) is 1. The number of benzene rings is 2. The number of aromatic nitrogens is 2. The fourth-order valence-electron chi connectivity index (χ4n) is 2.18. The van der Waals surface area contributed by atoms with Gasteiger partial charge in [0.05, 0.1) is 29.0 Å². The van der Waals surface area contributed by atoms with Crippen molar-refractivity contribution in [3.63, 3.8) is 0 Å². The summed E-state index contributed by atoms with van der Waals surface area (Å²) in [5, 5.41) is 0. The summed E-state index contributed by atoms with van der Waals surface area (Å²) in [5.41, 5.74) is 8.69. The Kier molecular flexibility index (Phi) is 3.02. The minimum atomic E-state index is -0.461. The van der Waals surface area contributed by atoms with Crippen LogP contribution in [0.5, 0.6) is 5.75 Å². The molecule has 1 aromatic heterocycles. The molecule has 0 radical (unpaired) electrons. The van der Waals surface area contributed by atoms with E-state index in [1.165, 1.54) is 6.07 Å². The van der Waals surface area contributed by atoms with Crippen molar-refractivity contribution in [2.45, 2.75) is 6.92 Å². The Hall–Kier alpha value is -2.56. The van der Waals surface area contributed by atoms with Crippen LogP contribution in [0.1, 0.15) is 6.92 Å². The minimum absolute atomic E-state index is 0.189. The highest BCUT2D eigenvalue weighted by molar-refractivity contribution is 5.79. The molecule has 0 saturated carbocycles. The highest BCUT2D eigenvalue weighted by Crippen LogP contribution is 2.29. The van der Waals surface area contributed by atoms with Gasteiger partial charge >= 0.3 is 0 Å². The molecule has 0 aliphatic heterocycles. The molecule has 3 aromatic rings. The number of fused-ring (bicyclic) bond motifs is 1. The van der Waals surface area contributed by atoms with Crippen LogP contribution in [0.4, 0.5) is 10.1 Å². The van der Waals surface area contributed by atoms with E-state index >= 15 is 0 Å². The summed E-state index contributed by atoms with van der Waals surface area (Å²) >= 11 is 0. The molecule has 0 aliphatic rings. The smallest absolute Gasteiger partial charge is 0.167 e. The van der Waals surface area contributed by atoms with Gasteiger partial charge in [-0.05, 0) is 19.1 Å². The number of para-hydroxylation sites is 2. The topological polar surface area (TPSA) is 53.1 Å². The van der Waals surface area contributed by atoms with Gasteiger partial charge in [-0.1, -0.05) is 12.1 Å². The van der Waals surface area contributed by atoms with Crippen LogP contribution in [0.3, 0.4) is 0 Å². The van der Waals surface area contributed by atoms with Gasteiger partial charge in [-0.15, -0.1) is 0 Å².